The Kier molecular flexibility index (Phi) is 3.43. The number of hydrogen-bond donors (Lipinski definition) is 2. The molecule has 20 heavy (non-hydrogen) atoms. The summed E-state index contributed by atoms with van der Waals surface area (Å²) in [5.74, 6) is -1.22. The fourth-order valence-corrected chi connectivity index (χ4v) is 2.81. The van der Waals surface area contributed by atoms with Crippen LogP contribution in [0, 0.1) is 0 Å². The molecule has 0 aliphatic carbocycles. The highest BCUT2D eigenvalue weighted by Gasteiger charge is 2.39. The summed E-state index contributed by atoms with van der Waals surface area (Å²) in [6.45, 7) is 0.822. The van der Waals surface area contributed by atoms with Crippen LogP contribution < -0.4 is 0 Å². The van der Waals surface area contributed by atoms with Crippen molar-refractivity contribution in [2.75, 3.05) is 6.61 Å². The van der Waals surface area contributed by atoms with Crippen LogP contribution in [0.15, 0.2) is 6.33 Å². The molecule has 0 spiro atoms. The van der Waals surface area contributed by atoms with Crippen LogP contribution in [0.1, 0.15) is 30.7 Å². The first-order valence-corrected chi connectivity index (χ1v) is 6.83. The number of imidazole rings is 1. The third kappa shape index (κ3) is 2.29. The zero-order valence-electron chi connectivity index (χ0n) is 11.0. The molecule has 2 N–H and O–H groups in total. The minimum atomic E-state index is -0.997. The highest BCUT2D eigenvalue weighted by molar-refractivity contribution is 5.87. The second-order valence-electron chi connectivity index (χ2n) is 5.21. The van der Waals surface area contributed by atoms with Crippen molar-refractivity contribution in [3.63, 3.8) is 0 Å². The van der Waals surface area contributed by atoms with E-state index >= 15 is 0 Å². The van der Waals surface area contributed by atoms with Gasteiger partial charge in [0.1, 0.15) is 12.1 Å². The zero-order valence-corrected chi connectivity index (χ0v) is 11.0. The summed E-state index contributed by atoms with van der Waals surface area (Å²) < 4.78 is 5.48. The summed E-state index contributed by atoms with van der Waals surface area (Å²) in [5, 5.41) is 9.35. The third-order valence-corrected chi connectivity index (χ3v) is 3.92. The van der Waals surface area contributed by atoms with Gasteiger partial charge in [-0.2, -0.15) is 0 Å². The van der Waals surface area contributed by atoms with Gasteiger partial charge < -0.3 is 19.7 Å². The van der Waals surface area contributed by atoms with E-state index in [1.807, 2.05) is 0 Å². The number of ether oxygens (including phenoxy) is 1. The SMILES string of the molecule is O=C(O)C1Cc2nc[nH]c2CN1C(=O)C1CCCCO1. The molecule has 3 heterocycles. The minimum Gasteiger partial charge on any atom is -0.480 e. The average molecular weight is 279 g/mol. The Morgan fingerprint density at radius 3 is 3.00 bits per heavy atom. The smallest absolute Gasteiger partial charge is 0.326 e. The molecule has 1 aromatic heterocycles. The molecule has 1 saturated heterocycles. The number of rotatable bonds is 2. The van der Waals surface area contributed by atoms with Gasteiger partial charge in [0.15, 0.2) is 0 Å². The molecular formula is C13H17N3O4. The number of H-pyrrole nitrogens is 1. The van der Waals surface area contributed by atoms with E-state index < -0.39 is 18.1 Å². The molecule has 2 unspecified atom stereocenters. The highest BCUT2D eigenvalue weighted by Crippen LogP contribution is 2.24. The Balaban J connectivity index is 1.82. The van der Waals surface area contributed by atoms with Crippen LogP contribution in [0.5, 0.6) is 0 Å². The molecule has 0 saturated carbocycles. The summed E-state index contributed by atoms with van der Waals surface area (Å²) in [6, 6.07) is -0.858. The fourth-order valence-electron chi connectivity index (χ4n) is 2.81. The zero-order chi connectivity index (χ0) is 14.1. The quantitative estimate of drug-likeness (QED) is 0.812. The number of nitrogens with one attached hydrogen (secondary N) is 1. The molecule has 1 amide bonds. The van der Waals surface area contributed by atoms with Gasteiger partial charge >= 0.3 is 5.97 Å². The molecule has 2 aliphatic heterocycles. The number of amides is 1. The van der Waals surface area contributed by atoms with Gasteiger partial charge in [-0.25, -0.2) is 9.78 Å². The fraction of sp³-hybridized carbons (Fsp3) is 0.615. The predicted octanol–water partition coefficient (Wildman–Crippen LogP) is 0.317. The van der Waals surface area contributed by atoms with Gasteiger partial charge in [0.05, 0.1) is 24.3 Å². The van der Waals surface area contributed by atoms with E-state index in [4.69, 9.17) is 4.74 Å². The van der Waals surface area contributed by atoms with Crippen LogP contribution in [0.25, 0.3) is 0 Å². The Morgan fingerprint density at radius 2 is 2.30 bits per heavy atom. The van der Waals surface area contributed by atoms with Crippen LogP contribution >= 0.6 is 0 Å². The number of carbonyl (C=O) groups is 2. The molecule has 2 atom stereocenters. The van der Waals surface area contributed by atoms with E-state index in [1.54, 1.807) is 0 Å². The molecule has 2 aliphatic rings. The number of hydrogen-bond acceptors (Lipinski definition) is 4. The standard InChI is InChI=1S/C13H17N3O4/c17-12(11-3-1-2-4-20-11)16-6-9-8(14-7-15-9)5-10(16)13(18)19/h7,10-11H,1-6H2,(H,14,15)(H,18,19). The number of aromatic nitrogens is 2. The summed E-state index contributed by atoms with van der Waals surface area (Å²) in [6.07, 6.45) is 3.84. The minimum absolute atomic E-state index is 0.225. The van der Waals surface area contributed by atoms with Gasteiger partial charge in [-0.15, -0.1) is 0 Å². The molecule has 108 valence electrons. The van der Waals surface area contributed by atoms with Crippen LogP contribution in [0.2, 0.25) is 0 Å². The Labute approximate surface area is 115 Å². The van der Waals surface area contributed by atoms with E-state index in [0.29, 0.717) is 13.0 Å². The van der Waals surface area contributed by atoms with E-state index in [1.165, 1.54) is 11.2 Å². The Bertz CT molecular complexity index is 521. The van der Waals surface area contributed by atoms with Gasteiger partial charge in [0.25, 0.3) is 5.91 Å². The maximum atomic E-state index is 12.5. The summed E-state index contributed by atoms with van der Waals surface area (Å²) in [7, 11) is 0. The number of carboxylic acids is 1. The number of nitrogens with zero attached hydrogens (tertiary/aromatic N) is 2. The van der Waals surface area contributed by atoms with Crippen molar-refractivity contribution in [2.45, 2.75) is 44.4 Å². The lowest BCUT2D eigenvalue weighted by atomic mass is 10.00. The van der Waals surface area contributed by atoms with Gasteiger partial charge in [0, 0.05) is 13.0 Å². The van der Waals surface area contributed by atoms with Crippen LogP contribution in [-0.4, -0.2) is 50.6 Å². The van der Waals surface area contributed by atoms with Gasteiger partial charge in [0.2, 0.25) is 0 Å². The maximum Gasteiger partial charge on any atom is 0.326 e. The molecule has 1 aromatic rings. The van der Waals surface area contributed by atoms with Crippen molar-refractivity contribution in [3.05, 3.63) is 17.7 Å². The first-order valence-electron chi connectivity index (χ1n) is 6.83. The van der Waals surface area contributed by atoms with Crippen molar-refractivity contribution in [1.82, 2.24) is 14.9 Å². The number of fused-ring (bicyclic) bond motifs is 1. The summed E-state index contributed by atoms with van der Waals surface area (Å²) in [4.78, 5) is 32.4. The lowest BCUT2D eigenvalue weighted by Crippen LogP contribution is -2.52. The molecule has 7 heteroatoms. The van der Waals surface area contributed by atoms with Crippen molar-refractivity contribution in [3.8, 4) is 0 Å². The lowest BCUT2D eigenvalue weighted by Gasteiger charge is -2.35. The predicted molar refractivity (Wildman–Crippen MR) is 67.9 cm³/mol. The molecule has 0 bridgehead atoms. The van der Waals surface area contributed by atoms with Crippen molar-refractivity contribution >= 4 is 11.9 Å². The highest BCUT2D eigenvalue weighted by atomic mass is 16.5. The first-order chi connectivity index (χ1) is 9.66. The Morgan fingerprint density at radius 1 is 1.45 bits per heavy atom. The van der Waals surface area contributed by atoms with Gasteiger partial charge in [-0.05, 0) is 19.3 Å². The normalized spacial score (nSPS) is 26.1. The molecule has 1 fully saturated rings. The average Bonchev–Trinajstić information content (AvgIpc) is 2.93. The summed E-state index contributed by atoms with van der Waals surface area (Å²) in [5.41, 5.74) is 1.54. The molecule has 0 aromatic carbocycles. The van der Waals surface area contributed by atoms with E-state index in [2.05, 4.69) is 9.97 Å². The topological polar surface area (TPSA) is 95.5 Å². The van der Waals surface area contributed by atoms with Crippen LogP contribution in [0.4, 0.5) is 0 Å². The number of aromatic amines is 1. The van der Waals surface area contributed by atoms with Crippen molar-refractivity contribution in [1.29, 1.82) is 0 Å². The number of carbonyl (C=O) groups excluding carboxylic acids is 1. The second-order valence-corrected chi connectivity index (χ2v) is 5.21. The monoisotopic (exact) mass is 279 g/mol. The van der Waals surface area contributed by atoms with Crippen LogP contribution in [-0.2, 0) is 27.3 Å². The molecule has 0 radical (unpaired) electrons. The van der Waals surface area contributed by atoms with Gasteiger partial charge in [-0.1, -0.05) is 0 Å². The second kappa shape index (κ2) is 5.24. The third-order valence-electron chi connectivity index (χ3n) is 3.92. The molecular weight excluding hydrogens is 262 g/mol. The largest absolute Gasteiger partial charge is 0.480 e. The van der Waals surface area contributed by atoms with Crippen molar-refractivity contribution in [2.24, 2.45) is 0 Å². The van der Waals surface area contributed by atoms with E-state index in [9.17, 15) is 14.7 Å². The van der Waals surface area contributed by atoms with Crippen molar-refractivity contribution < 1.29 is 19.4 Å². The molecule has 3 rings (SSSR count). The lowest BCUT2D eigenvalue weighted by molar-refractivity contribution is -0.159. The number of aliphatic carboxylic acids is 1. The number of carboxylic acid groups (broad SMARTS) is 1. The van der Waals surface area contributed by atoms with Gasteiger partial charge in [-0.3, -0.25) is 4.79 Å². The Hall–Kier alpha value is -1.89. The first kappa shape index (κ1) is 13.1. The van der Waals surface area contributed by atoms with E-state index in [0.717, 1.165) is 24.2 Å². The van der Waals surface area contributed by atoms with E-state index in [-0.39, 0.29) is 18.9 Å². The maximum absolute atomic E-state index is 12.5. The molecule has 7 nitrogen and oxygen atoms in total. The van der Waals surface area contributed by atoms with Crippen LogP contribution in [0.3, 0.4) is 0 Å². The summed E-state index contributed by atoms with van der Waals surface area (Å²) >= 11 is 0.